The van der Waals surface area contributed by atoms with Crippen LogP contribution in [0.4, 0.5) is 9.39 Å². The van der Waals surface area contributed by atoms with Gasteiger partial charge >= 0.3 is 5.97 Å². The number of rotatable bonds is 7. The van der Waals surface area contributed by atoms with E-state index in [1.807, 2.05) is 54.6 Å². The molecule has 0 radical (unpaired) electrons. The number of hydrogen-bond acceptors (Lipinski definition) is 6. The first kappa shape index (κ1) is 25.0. The van der Waals surface area contributed by atoms with Gasteiger partial charge in [0.25, 0.3) is 5.56 Å². The molecule has 0 atom stereocenters. The summed E-state index contributed by atoms with van der Waals surface area (Å²) >= 11 is 1.11. The second-order valence-corrected chi connectivity index (χ2v) is 9.29. The summed E-state index contributed by atoms with van der Waals surface area (Å²) < 4.78 is 20.0. The molecule has 7 nitrogen and oxygen atoms in total. The van der Waals surface area contributed by atoms with E-state index in [-0.39, 0.29) is 46.1 Å². The zero-order valence-electron chi connectivity index (χ0n) is 20.3. The molecule has 38 heavy (non-hydrogen) atoms. The monoisotopic (exact) mass is 527 g/mol. The van der Waals surface area contributed by atoms with Gasteiger partial charge in [-0.25, -0.2) is 9.18 Å². The zero-order valence-corrected chi connectivity index (χ0v) is 21.1. The van der Waals surface area contributed by atoms with Crippen LogP contribution in [0.1, 0.15) is 23.0 Å². The molecule has 0 spiro atoms. The highest BCUT2D eigenvalue weighted by atomic mass is 32.1. The molecule has 1 N–H and O–H groups in total. The first-order valence-corrected chi connectivity index (χ1v) is 12.7. The van der Waals surface area contributed by atoms with Gasteiger partial charge in [0.15, 0.2) is 5.69 Å². The fourth-order valence-corrected chi connectivity index (χ4v) is 5.03. The number of ether oxygens (including phenoxy) is 1. The van der Waals surface area contributed by atoms with Crippen LogP contribution in [0.15, 0.2) is 89.0 Å². The summed E-state index contributed by atoms with van der Waals surface area (Å²) in [5.41, 5.74) is 2.37. The minimum atomic E-state index is -0.725. The Kier molecular flexibility index (Phi) is 7.10. The van der Waals surface area contributed by atoms with E-state index in [4.69, 9.17) is 4.74 Å². The molecule has 2 heterocycles. The zero-order chi connectivity index (χ0) is 26.6. The van der Waals surface area contributed by atoms with Crippen LogP contribution in [-0.4, -0.2) is 28.3 Å². The largest absolute Gasteiger partial charge is 0.461 e. The summed E-state index contributed by atoms with van der Waals surface area (Å²) in [6, 6.07) is 22.9. The summed E-state index contributed by atoms with van der Waals surface area (Å²) in [6.07, 6.45) is 0.0857. The predicted molar refractivity (Wildman–Crippen MR) is 145 cm³/mol. The van der Waals surface area contributed by atoms with E-state index in [2.05, 4.69) is 10.4 Å². The molecule has 3 aromatic carbocycles. The number of anilines is 1. The molecular weight excluding hydrogens is 505 g/mol. The SMILES string of the molecule is CCOC(=O)c1nn(-c2cccc(F)c2)c(=O)c2c(NC(=O)Cc3ccc(-c4ccccc4)cc3)scc12. The lowest BCUT2D eigenvalue weighted by Gasteiger charge is -2.10. The Balaban J connectivity index is 1.47. The third-order valence-corrected chi connectivity index (χ3v) is 6.75. The number of nitrogens with one attached hydrogen (secondary N) is 1. The lowest BCUT2D eigenvalue weighted by atomic mass is 10.0. The Bertz CT molecular complexity index is 1700. The second kappa shape index (κ2) is 10.8. The minimum Gasteiger partial charge on any atom is -0.461 e. The maximum Gasteiger partial charge on any atom is 0.359 e. The van der Waals surface area contributed by atoms with Gasteiger partial charge in [0.1, 0.15) is 10.8 Å². The molecule has 9 heteroatoms. The number of benzene rings is 3. The summed E-state index contributed by atoms with van der Waals surface area (Å²) in [5.74, 6) is -1.62. The van der Waals surface area contributed by atoms with Crippen LogP contribution in [0, 0.1) is 5.82 Å². The predicted octanol–water partition coefficient (Wildman–Crippen LogP) is 5.61. The van der Waals surface area contributed by atoms with Crippen LogP contribution in [0.3, 0.4) is 0 Å². The van der Waals surface area contributed by atoms with Gasteiger partial charge in [-0.15, -0.1) is 11.3 Å². The number of fused-ring (bicyclic) bond motifs is 1. The number of nitrogens with zero attached hydrogens (tertiary/aromatic N) is 2. The van der Waals surface area contributed by atoms with Gasteiger partial charge in [-0.1, -0.05) is 60.7 Å². The molecule has 2 aromatic heterocycles. The summed E-state index contributed by atoms with van der Waals surface area (Å²) in [4.78, 5) is 39.1. The number of thiophene rings is 1. The fourth-order valence-electron chi connectivity index (χ4n) is 4.08. The molecule has 190 valence electrons. The smallest absolute Gasteiger partial charge is 0.359 e. The quantitative estimate of drug-likeness (QED) is 0.278. The Labute approximate surface area is 221 Å². The average Bonchev–Trinajstić information content (AvgIpc) is 3.34. The van der Waals surface area contributed by atoms with E-state index in [1.165, 1.54) is 18.2 Å². The molecule has 0 saturated heterocycles. The van der Waals surface area contributed by atoms with Crippen LogP contribution in [0.25, 0.3) is 27.6 Å². The molecule has 0 bridgehead atoms. The summed E-state index contributed by atoms with van der Waals surface area (Å²) in [7, 11) is 0. The molecule has 0 unspecified atom stereocenters. The van der Waals surface area contributed by atoms with Gasteiger partial charge in [-0.05, 0) is 41.8 Å². The topological polar surface area (TPSA) is 90.3 Å². The highest BCUT2D eigenvalue weighted by Crippen LogP contribution is 2.31. The standard InChI is InChI=1S/C29H22FN3O4S/c1-2-37-29(36)26-23-17-38-27(25(23)28(35)33(32-26)22-10-6-9-21(30)16-22)31-24(34)15-18-11-13-20(14-12-18)19-7-4-3-5-8-19/h3-14,16-17H,2,15H2,1H3,(H,31,34). The number of halogens is 1. The number of carbonyl (C=O) groups excluding carboxylic acids is 2. The van der Waals surface area contributed by atoms with Crippen molar-refractivity contribution in [3.05, 3.63) is 112 Å². The van der Waals surface area contributed by atoms with Crippen molar-refractivity contribution in [2.45, 2.75) is 13.3 Å². The molecule has 5 rings (SSSR count). The van der Waals surface area contributed by atoms with Crippen molar-refractivity contribution < 1.29 is 18.7 Å². The maximum absolute atomic E-state index is 13.9. The van der Waals surface area contributed by atoms with Crippen molar-refractivity contribution in [2.75, 3.05) is 11.9 Å². The number of carbonyl (C=O) groups is 2. The Morgan fingerprint density at radius 3 is 2.45 bits per heavy atom. The minimum absolute atomic E-state index is 0.0857. The molecule has 1 amide bonds. The number of hydrogen-bond donors (Lipinski definition) is 1. The van der Waals surface area contributed by atoms with Gasteiger partial charge < -0.3 is 10.1 Å². The van der Waals surface area contributed by atoms with Crippen LogP contribution >= 0.6 is 11.3 Å². The van der Waals surface area contributed by atoms with Crippen LogP contribution < -0.4 is 10.9 Å². The fraction of sp³-hybridized carbons (Fsp3) is 0.103. The van der Waals surface area contributed by atoms with E-state index >= 15 is 0 Å². The number of aromatic nitrogens is 2. The van der Waals surface area contributed by atoms with Crippen molar-refractivity contribution in [3.63, 3.8) is 0 Å². The van der Waals surface area contributed by atoms with Gasteiger partial charge in [-0.2, -0.15) is 9.78 Å². The Morgan fingerprint density at radius 2 is 1.74 bits per heavy atom. The van der Waals surface area contributed by atoms with Crippen molar-refractivity contribution in [1.29, 1.82) is 0 Å². The highest BCUT2D eigenvalue weighted by molar-refractivity contribution is 7.16. The first-order valence-electron chi connectivity index (χ1n) is 11.9. The van der Waals surface area contributed by atoms with E-state index < -0.39 is 17.3 Å². The second-order valence-electron chi connectivity index (χ2n) is 8.41. The molecule has 0 aliphatic heterocycles. The first-order chi connectivity index (χ1) is 18.4. The third kappa shape index (κ3) is 5.09. The van der Waals surface area contributed by atoms with Crippen LogP contribution in [0.5, 0.6) is 0 Å². The summed E-state index contributed by atoms with van der Waals surface area (Å²) in [6.45, 7) is 1.77. The van der Waals surface area contributed by atoms with Gasteiger partial charge in [0, 0.05) is 10.8 Å². The Hall–Kier alpha value is -4.63. The van der Waals surface area contributed by atoms with Crippen LogP contribution in [0.2, 0.25) is 0 Å². The summed E-state index contributed by atoms with van der Waals surface area (Å²) in [5, 5.41) is 9.19. The van der Waals surface area contributed by atoms with Crippen molar-refractivity contribution >= 4 is 39.0 Å². The Morgan fingerprint density at radius 1 is 1.00 bits per heavy atom. The molecule has 5 aromatic rings. The normalized spacial score (nSPS) is 10.9. The van der Waals surface area contributed by atoms with E-state index in [1.54, 1.807) is 12.3 Å². The lowest BCUT2D eigenvalue weighted by molar-refractivity contribution is -0.115. The lowest BCUT2D eigenvalue weighted by Crippen LogP contribution is -2.26. The molecule has 0 fully saturated rings. The van der Waals surface area contributed by atoms with E-state index in [0.29, 0.717) is 0 Å². The number of esters is 1. The average molecular weight is 528 g/mol. The van der Waals surface area contributed by atoms with Crippen molar-refractivity contribution in [2.24, 2.45) is 0 Å². The van der Waals surface area contributed by atoms with Crippen LogP contribution in [-0.2, 0) is 16.0 Å². The maximum atomic E-state index is 13.9. The highest BCUT2D eigenvalue weighted by Gasteiger charge is 2.23. The molecule has 0 aliphatic carbocycles. The van der Waals surface area contributed by atoms with Gasteiger partial charge in [0.05, 0.1) is 24.1 Å². The van der Waals surface area contributed by atoms with Crippen molar-refractivity contribution in [3.8, 4) is 16.8 Å². The molecular formula is C29H22FN3O4S. The molecule has 0 saturated carbocycles. The van der Waals surface area contributed by atoms with E-state index in [0.717, 1.165) is 38.8 Å². The van der Waals surface area contributed by atoms with Crippen molar-refractivity contribution in [1.82, 2.24) is 9.78 Å². The van der Waals surface area contributed by atoms with E-state index in [9.17, 15) is 18.8 Å². The number of amides is 1. The van der Waals surface area contributed by atoms with Gasteiger partial charge in [-0.3, -0.25) is 9.59 Å². The third-order valence-electron chi connectivity index (χ3n) is 5.85. The van der Waals surface area contributed by atoms with Gasteiger partial charge in [0.2, 0.25) is 5.91 Å². The molecule has 0 aliphatic rings.